The smallest absolute Gasteiger partial charge is 0.270 e. The lowest BCUT2D eigenvalue weighted by atomic mass is 10.1. The Bertz CT molecular complexity index is 682. The van der Waals surface area contributed by atoms with Crippen molar-refractivity contribution in [2.75, 3.05) is 11.9 Å². The molecule has 2 rings (SSSR count). The molecule has 0 aliphatic rings. The van der Waals surface area contributed by atoms with Crippen molar-refractivity contribution in [3.63, 3.8) is 0 Å². The van der Waals surface area contributed by atoms with Gasteiger partial charge < -0.3 is 10.6 Å². The number of carbonyl (C=O) groups is 1. The number of anilines is 2. The van der Waals surface area contributed by atoms with E-state index < -0.39 is 0 Å². The molecule has 0 atom stereocenters. The second-order valence-corrected chi connectivity index (χ2v) is 5.37. The van der Waals surface area contributed by atoms with E-state index in [0.717, 1.165) is 12.1 Å². The summed E-state index contributed by atoms with van der Waals surface area (Å²) in [7, 11) is 0. The number of hydrogen-bond acceptors (Lipinski definition) is 4. The Balaban J connectivity index is 2.22. The molecule has 0 fully saturated rings. The van der Waals surface area contributed by atoms with Crippen molar-refractivity contribution < 1.29 is 4.79 Å². The molecule has 0 bridgehead atoms. The fourth-order valence-corrected chi connectivity index (χ4v) is 2.04. The number of benzene rings is 1. The van der Waals surface area contributed by atoms with Gasteiger partial charge in [0.25, 0.3) is 5.91 Å². The van der Waals surface area contributed by atoms with Crippen molar-refractivity contribution in [3.8, 4) is 0 Å². The molecule has 5 heteroatoms. The van der Waals surface area contributed by atoms with Gasteiger partial charge in [-0.15, -0.1) is 0 Å². The number of nitrogens with zero attached hydrogens (tertiary/aromatic N) is 2. The Labute approximate surface area is 131 Å². The molecule has 1 aromatic carbocycles. The Morgan fingerprint density at radius 1 is 1.09 bits per heavy atom. The second-order valence-electron chi connectivity index (χ2n) is 5.37. The summed E-state index contributed by atoms with van der Waals surface area (Å²) in [6.45, 7) is 8.57. The molecule has 5 nitrogen and oxygen atoms in total. The molecule has 0 aliphatic carbocycles. The number of aryl methyl sites for hydroxylation is 3. The van der Waals surface area contributed by atoms with Crippen LogP contribution in [0.25, 0.3) is 0 Å². The highest BCUT2D eigenvalue weighted by atomic mass is 16.1. The van der Waals surface area contributed by atoms with Crippen molar-refractivity contribution in [2.45, 2.75) is 34.1 Å². The van der Waals surface area contributed by atoms with Crippen LogP contribution in [0.1, 0.15) is 40.8 Å². The molecule has 0 aliphatic heterocycles. The fourth-order valence-electron chi connectivity index (χ4n) is 2.04. The van der Waals surface area contributed by atoms with Crippen LogP contribution < -0.4 is 10.6 Å². The van der Waals surface area contributed by atoms with E-state index in [1.807, 2.05) is 13.0 Å². The van der Waals surface area contributed by atoms with Crippen molar-refractivity contribution in [1.82, 2.24) is 15.3 Å². The number of hydrogen-bond donors (Lipinski definition) is 2. The first-order valence-electron chi connectivity index (χ1n) is 7.47. The molecule has 0 spiro atoms. The van der Waals surface area contributed by atoms with Gasteiger partial charge in [-0.25, -0.2) is 9.97 Å². The second kappa shape index (κ2) is 7.02. The maximum atomic E-state index is 12.0. The summed E-state index contributed by atoms with van der Waals surface area (Å²) < 4.78 is 0. The summed E-state index contributed by atoms with van der Waals surface area (Å²) in [5.41, 5.74) is 3.77. The van der Waals surface area contributed by atoms with Crippen molar-refractivity contribution in [2.24, 2.45) is 0 Å². The number of amides is 1. The normalized spacial score (nSPS) is 10.4. The van der Waals surface area contributed by atoms with Gasteiger partial charge in [0.05, 0.1) is 0 Å². The maximum absolute atomic E-state index is 12.0. The minimum Gasteiger partial charge on any atom is -0.351 e. The minimum absolute atomic E-state index is 0.171. The molecule has 0 unspecified atom stereocenters. The van der Waals surface area contributed by atoms with Crippen molar-refractivity contribution in [1.29, 1.82) is 0 Å². The van der Waals surface area contributed by atoms with Crippen LogP contribution >= 0.6 is 0 Å². The van der Waals surface area contributed by atoms with Gasteiger partial charge >= 0.3 is 0 Å². The third kappa shape index (κ3) is 4.04. The van der Waals surface area contributed by atoms with Gasteiger partial charge in [0.15, 0.2) is 0 Å². The van der Waals surface area contributed by atoms with E-state index in [0.29, 0.717) is 23.9 Å². The molecule has 1 amide bonds. The molecule has 2 N–H and O–H groups in total. The average Bonchev–Trinajstić information content (AvgIpc) is 2.48. The van der Waals surface area contributed by atoms with Crippen LogP contribution in [0.15, 0.2) is 24.3 Å². The summed E-state index contributed by atoms with van der Waals surface area (Å²) in [6, 6.07) is 7.79. The lowest BCUT2D eigenvalue weighted by Gasteiger charge is -2.10. The van der Waals surface area contributed by atoms with Gasteiger partial charge in [-0.2, -0.15) is 0 Å². The van der Waals surface area contributed by atoms with Gasteiger partial charge in [-0.1, -0.05) is 13.0 Å². The van der Waals surface area contributed by atoms with Gasteiger partial charge in [0, 0.05) is 18.3 Å². The number of aromatic nitrogens is 2. The predicted molar refractivity (Wildman–Crippen MR) is 88.6 cm³/mol. The Morgan fingerprint density at radius 2 is 1.86 bits per heavy atom. The van der Waals surface area contributed by atoms with Crippen LogP contribution in [0.5, 0.6) is 0 Å². The maximum Gasteiger partial charge on any atom is 0.270 e. The molecule has 116 valence electrons. The summed E-state index contributed by atoms with van der Waals surface area (Å²) >= 11 is 0. The molecule has 1 heterocycles. The standard InChI is InChI=1S/C17H22N4O/c1-5-8-18-17(22)15-10-16(20-13(4)19-15)21-14-7-6-11(2)12(3)9-14/h6-7,9-10H,5,8H2,1-4H3,(H,18,22)(H,19,20,21). The Morgan fingerprint density at radius 3 is 2.55 bits per heavy atom. The molecule has 22 heavy (non-hydrogen) atoms. The number of carbonyl (C=O) groups excluding carboxylic acids is 1. The SMILES string of the molecule is CCCNC(=O)c1cc(Nc2ccc(C)c(C)c2)nc(C)n1. The Kier molecular flexibility index (Phi) is 5.09. The van der Waals surface area contributed by atoms with E-state index in [1.165, 1.54) is 11.1 Å². The minimum atomic E-state index is -0.171. The highest BCUT2D eigenvalue weighted by Crippen LogP contribution is 2.19. The van der Waals surface area contributed by atoms with Crippen molar-refractivity contribution in [3.05, 3.63) is 46.9 Å². The third-order valence-corrected chi connectivity index (χ3v) is 3.39. The van der Waals surface area contributed by atoms with Crippen LogP contribution in [0.2, 0.25) is 0 Å². The van der Waals surface area contributed by atoms with E-state index in [4.69, 9.17) is 0 Å². The quantitative estimate of drug-likeness (QED) is 0.889. The molecule has 1 aromatic heterocycles. The van der Waals surface area contributed by atoms with Gasteiger partial charge in [-0.3, -0.25) is 4.79 Å². The molecule has 2 aromatic rings. The van der Waals surface area contributed by atoms with Crippen LogP contribution in [0.3, 0.4) is 0 Å². The Hall–Kier alpha value is -2.43. The zero-order valence-electron chi connectivity index (χ0n) is 13.5. The van der Waals surface area contributed by atoms with Gasteiger partial charge in [-0.05, 0) is 50.5 Å². The molecular formula is C17H22N4O. The van der Waals surface area contributed by atoms with E-state index in [9.17, 15) is 4.79 Å². The largest absolute Gasteiger partial charge is 0.351 e. The third-order valence-electron chi connectivity index (χ3n) is 3.39. The first-order chi connectivity index (χ1) is 10.5. The highest BCUT2D eigenvalue weighted by molar-refractivity contribution is 5.93. The number of rotatable bonds is 5. The lowest BCUT2D eigenvalue weighted by molar-refractivity contribution is 0.0948. The van der Waals surface area contributed by atoms with Crippen LogP contribution in [0, 0.1) is 20.8 Å². The monoisotopic (exact) mass is 298 g/mol. The zero-order chi connectivity index (χ0) is 16.1. The molecule has 0 saturated carbocycles. The lowest BCUT2D eigenvalue weighted by Crippen LogP contribution is -2.25. The average molecular weight is 298 g/mol. The first kappa shape index (κ1) is 15.9. The molecule has 0 radical (unpaired) electrons. The van der Waals surface area contributed by atoms with E-state index in [1.54, 1.807) is 13.0 Å². The predicted octanol–water partition coefficient (Wildman–Crippen LogP) is 3.29. The van der Waals surface area contributed by atoms with E-state index in [2.05, 4.69) is 46.6 Å². The highest BCUT2D eigenvalue weighted by Gasteiger charge is 2.10. The van der Waals surface area contributed by atoms with E-state index in [-0.39, 0.29) is 5.91 Å². The van der Waals surface area contributed by atoms with Crippen molar-refractivity contribution >= 4 is 17.4 Å². The van der Waals surface area contributed by atoms with Crippen LogP contribution in [0.4, 0.5) is 11.5 Å². The fraction of sp³-hybridized carbons (Fsp3) is 0.353. The molecular weight excluding hydrogens is 276 g/mol. The van der Waals surface area contributed by atoms with Crippen LogP contribution in [-0.2, 0) is 0 Å². The topological polar surface area (TPSA) is 66.9 Å². The zero-order valence-corrected chi connectivity index (χ0v) is 13.5. The van der Waals surface area contributed by atoms with Gasteiger partial charge in [0.1, 0.15) is 17.3 Å². The summed E-state index contributed by atoms with van der Waals surface area (Å²) in [4.78, 5) is 20.6. The summed E-state index contributed by atoms with van der Waals surface area (Å²) in [5.74, 6) is 1.02. The van der Waals surface area contributed by atoms with Crippen LogP contribution in [-0.4, -0.2) is 22.4 Å². The van der Waals surface area contributed by atoms with E-state index >= 15 is 0 Å². The number of nitrogens with one attached hydrogen (secondary N) is 2. The van der Waals surface area contributed by atoms with Gasteiger partial charge in [0.2, 0.25) is 0 Å². The summed E-state index contributed by atoms with van der Waals surface area (Å²) in [5, 5.41) is 6.06. The summed E-state index contributed by atoms with van der Waals surface area (Å²) in [6.07, 6.45) is 0.892. The first-order valence-corrected chi connectivity index (χ1v) is 7.47. The molecule has 0 saturated heterocycles.